The first-order valence-corrected chi connectivity index (χ1v) is 8.54. The number of rotatable bonds is 5. The summed E-state index contributed by atoms with van der Waals surface area (Å²) in [7, 11) is 0. The normalized spacial score (nSPS) is 25.0. The predicted molar refractivity (Wildman–Crippen MR) is 86.9 cm³/mol. The molecule has 1 aliphatic rings. The van der Waals surface area contributed by atoms with E-state index < -0.39 is 0 Å². The molecule has 1 unspecified atom stereocenters. The van der Waals surface area contributed by atoms with Crippen molar-refractivity contribution in [3.8, 4) is 0 Å². The Morgan fingerprint density at radius 1 is 1.29 bits per heavy atom. The van der Waals surface area contributed by atoms with Gasteiger partial charge in [-0.1, -0.05) is 27.7 Å². The van der Waals surface area contributed by atoms with Crippen molar-refractivity contribution >= 4 is 0 Å². The summed E-state index contributed by atoms with van der Waals surface area (Å²) < 4.78 is 2.01. The lowest BCUT2D eigenvalue weighted by Crippen LogP contribution is -2.37. The summed E-state index contributed by atoms with van der Waals surface area (Å²) in [5.74, 6) is 2.56. The van der Waals surface area contributed by atoms with Crippen molar-refractivity contribution in [3.05, 3.63) is 12.2 Å². The number of aromatic nitrogens is 3. The Kier molecular flexibility index (Phi) is 5.42. The molecule has 21 heavy (non-hydrogen) atoms. The molecule has 0 bridgehead atoms. The Balaban J connectivity index is 1.87. The fourth-order valence-electron chi connectivity index (χ4n) is 3.64. The van der Waals surface area contributed by atoms with Crippen LogP contribution in [0.15, 0.2) is 6.33 Å². The zero-order valence-corrected chi connectivity index (χ0v) is 14.2. The maximum Gasteiger partial charge on any atom is 0.138 e. The van der Waals surface area contributed by atoms with Crippen LogP contribution in [0.1, 0.15) is 65.6 Å². The van der Waals surface area contributed by atoms with Crippen LogP contribution < -0.4 is 5.73 Å². The molecule has 4 nitrogen and oxygen atoms in total. The van der Waals surface area contributed by atoms with Crippen LogP contribution in [0.4, 0.5) is 0 Å². The minimum atomic E-state index is 0.228. The summed E-state index contributed by atoms with van der Waals surface area (Å²) in [4.78, 5) is 4.40. The molecule has 120 valence electrons. The molecule has 0 aliphatic heterocycles. The van der Waals surface area contributed by atoms with Gasteiger partial charge in [0, 0.05) is 19.0 Å². The van der Waals surface area contributed by atoms with Crippen LogP contribution in [0.3, 0.4) is 0 Å². The van der Waals surface area contributed by atoms with E-state index >= 15 is 0 Å². The zero-order chi connectivity index (χ0) is 15.5. The molecule has 4 heteroatoms. The van der Waals surface area contributed by atoms with Crippen molar-refractivity contribution in [2.24, 2.45) is 23.0 Å². The van der Waals surface area contributed by atoms with Crippen LogP contribution >= 0.6 is 0 Å². The van der Waals surface area contributed by atoms with E-state index in [2.05, 4.69) is 37.8 Å². The molecular formula is C17H32N4. The first kappa shape index (κ1) is 16.5. The van der Waals surface area contributed by atoms with Crippen molar-refractivity contribution in [2.75, 3.05) is 0 Å². The van der Waals surface area contributed by atoms with Gasteiger partial charge in [-0.2, -0.15) is 5.10 Å². The highest BCUT2D eigenvalue weighted by atomic mass is 15.3. The van der Waals surface area contributed by atoms with Gasteiger partial charge in [-0.05, 0) is 49.4 Å². The van der Waals surface area contributed by atoms with Gasteiger partial charge in [0.2, 0.25) is 0 Å². The monoisotopic (exact) mass is 292 g/mol. The van der Waals surface area contributed by atoms with Gasteiger partial charge in [0.25, 0.3) is 0 Å². The lowest BCUT2D eigenvalue weighted by molar-refractivity contribution is 0.139. The Morgan fingerprint density at radius 3 is 2.52 bits per heavy atom. The molecule has 1 fully saturated rings. The fourth-order valence-corrected chi connectivity index (χ4v) is 3.64. The summed E-state index contributed by atoms with van der Waals surface area (Å²) >= 11 is 0. The summed E-state index contributed by atoms with van der Waals surface area (Å²) in [5, 5.41) is 4.30. The second kappa shape index (κ2) is 6.91. The highest BCUT2D eigenvalue weighted by Crippen LogP contribution is 2.40. The maximum absolute atomic E-state index is 6.48. The molecule has 0 aromatic carbocycles. The lowest BCUT2D eigenvalue weighted by Gasteiger charge is -2.38. The molecule has 1 aliphatic carbocycles. The lowest BCUT2D eigenvalue weighted by atomic mass is 9.68. The molecular weight excluding hydrogens is 260 g/mol. The second-order valence-electron chi connectivity index (χ2n) is 7.75. The van der Waals surface area contributed by atoms with Gasteiger partial charge in [-0.25, -0.2) is 4.98 Å². The van der Waals surface area contributed by atoms with Gasteiger partial charge < -0.3 is 5.73 Å². The minimum absolute atomic E-state index is 0.228. The van der Waals surface area contributed by atoms with Crippen molar-refractivity contribution in [1.82, 2.24) is 14.8 Å². The molecule has 0 spiro atoms. The number of nitrogens with zero attached hydrogens (tertiary/aromatic N) is 3. The molecule has 1 saturated carbocycles. The van der Waals surface area contributed by atoms with Crippen LogP contribution in [0, 0.1) is 17.3 Å². The smallest absolute Gasteiger partial charge is 0.138 e. The first-order valence-electron chi connectivity index (χ1n) is 8.54. The number of nitrogens with two attached hydrogens (primary N) is 1. The highest BCUT2D eigenvalue weighted by molar-refractivity contribution is 4.93. The van der Waals surface area contributed by atoms with Crippen molar-refractivity contribution in [3.63, 3.8) is 0 Å². The summed E-state index contributed by atoms with van der Waals surface area (Å²) in [5.41, 5.74) is 6.92. The van der Waals surface area contributed by atoms with Gasteiger partial charge in [0.15, 0.2) is 0 Å². The standard InChI is InChI=1S/C17H32N4/c1-5-10-21-16(19-12-20-21)11-15(18)13-6-8-14(9-7-13)17(2,3)4/h12-15H,5-11,18H2,1-4H3. The van der Waals surface area contributed by atoms with Crippen LogP contribution in [0.5, 0.6) is 0 Å². The van der Waals surface area contributed by atoms with E-state index in [1.54, 1.807) is 6.33 Å². The highest BCUT2D eigenvalue weighted by Gasteiger charge is 2.32. The van der Waals surface area contributed by atoms with E-state index in [-0.39, 0.29) is 6.04 Å². The van der Waals surface area contributed by atoms with Gasteiger partial charge in [0.05, 0.1) is 0 Å². The van der Waals surface area contributed by atoms with Crippen molar-refractivity contribution in [1.29, 1.82) is 0 Å². The minimum Gasteiger partial charge on any atom is -0.327 e. The maximum atomic E-state index is 6.48. The average Bonchev–Trinajstić information content (AvgIpc) is 2.86. The molecule has 1 atom stereocenters. The largest absolute Gasteiger partial charge is 0.327 e. The Morgan fingerprint density at radius 2 is 1.95 bits per heavy atom. The molecule has 0 saturated heterocycles. The Hall–Kier alpha value is -0.900. The van der Waals surface area contributed by atoms with Crippen LogP contribution in [-0.2, 0) is 13.0 Å². The average molecular weight is 292 g/mol. The number of hydrogen-bond acceptors (Lipinski definition) is 3. The second-order valence-corrected chi connectivity index (χ2v) is 7.75. The van der Waals surface area contributed by atoms with Gasteiger partial charge in [-0.15, -0.1) is 0 Å². The molecule has 1 heterocycles. The van der Waals surface area contributed by atoms with Crippen molar-refractivity contribution < 1.29 is 0 Å². The third kappa shape index (κ3) is 4.29. The van der Waals surface area contributed by atoms with Crippen LogP contribution in [-0.4, -0.2) is 20.8 Å². The number of hydrogen-bond donors (Lipinski definition) is 1. The third-order valence-electron chi connectivity index (χ3n) is 5.15. The van der Waals surface area contributed by atoms with Crippen LogP contribution in [0.25, 0.3) is 0 Å². The SMILES string of the molecule is CCCn1ncnc1CC(N)C1CCC(C(C)(C)C)CC1. The molecule has 1 aromatic rings. The topological polar surface area (TPSA) is 56.7 Å². The van der Waals surface area contributed by atoms with Crippen LogP contribution in [0.2, 0.25) is 0 Å². The first-order chi connectivity index (χ1) is 9.91. The summed E-state index contributed by atoms with van der Waals surface area (Å²) in [6.45, 7) is 10.2. The van der Waals surface area contributed by atoms with Gasteiger partial charge >= 0.3 is 0 Å². The molecule has 0 amide bonds. The summed E-state index contributed by atoms with van der Waals surface area (Å²) in [6.07, 6.45) is 8.80. The van der Waals surface area contributed by atoms with Gasteiger partial charge in [-0.3, -0.25) is 4.68 Å². The molecule has 1 aromatic heterocycles. The molecule has 0 radical (unpaired) electrons. The van der Waals surface area contributed by atoms with E-state index in [0.29, 0.717) is 11.3 Å². The summed E-state index contributed by atoms with van der Waals surface area (Å²) in [6, 6.07) is 0.228. The predicted octanol–water partition coefficient (Wildman–Crippen LogP) is 3.41. The van der Waals surface area contributed by atoms with E-state index in [4.69, 9.17) is 5.73 Å². The van der Waals surface area contributed by atoms with E-state index in [1.165, 1.54) is 25.7 Å². The zero-order valence-electron chi connectivity index (χ0n) is 14.2. The molecule has 2 N–H and O–H groups in total. The van der Waals surface area contributed by atoms with E-state index in [9.17, 15) is 0 Å². The van der Waals surface area contributed by atoms with Crippen molar-refractivity contribution in [2.45, 2.75) is 78.8 Å². The van der Waals surface area contributed by atoms with E-state index in [1.807, 2.05) is 4.68 Å². The van der Waals surface area contributed by atoms with E-state index in [0.717, 1.165) is 31.1 Å². The third-order valence-corrected chi connectivity index (χ3v) is 5.15. The Labute approximate surface area is 129 Å². The fraction of sp³-hybridized carbons (Fsp3) is 0.882. The Bertz CT molecular complexity index is 424. The van der Waals surface area contributed by atoms with Gasteiger partial charge in [0.1, 0.15) is 12.2 Å². The quantitative estimate of drug-likeness (QED) is 0.904. The number of aryl methyl sites for hydroxylation is 1. The molecule has 2 rings (SSSR count).